The number of carboxylic acid groups (broad SMARTS) is 1. The summed E-state index contributed by atoms with van der Waals surface area (Å²) < 4.78 is 1.93. The fourth-order valence-electron chi connectivity index (χ4n) is 8.44. The number of aliphatic hydroxyl groups excluding tert-OH is 1. The lowest BCUT2D eigenvalue weighted by Gasteiger charge is -2.55. The molecule has 0 spiro atoms. The van der Waals surface area contributed by atoms with E-state index >= 15 is 0 Å². The van der Waals surface area contributed by atoms with Crippen molar-refractivity contribution in [3.05, 3.63) is 40.3 Å². The van der Waals surface area contributed by atoms with E-state index in [2.05, 4.69) is 15.0 Å². The van der Waals surface area contributed by atoms with E-state index in [0.717, 1.165) is 30.2 Å². The number of rotatable bonds is 9. The van der Waals surface area contributed by atoms with Crippen LogP contribution in [0, 0.1) is 11.8 Å². The van der Waals surface area contributed by atoms with E-state index in [1.807, 2.05) is 28.8 Å². The second-order valence-corrected chi connectivity index (χ2v) is 12.4. The van der Waals surface area contributed by atoms with Crippen molar-refractivity contribution < 1.29 is 19.8 Å². The highest BCUT2D eigenvalue weighted by Crippen LogP contribution is 2.47. The van der Waals surface area contributed by atoms with Gasteiger partial charge < -0.3 is 19.6 Å². The third-order valence-electron chi connectivity index (χ3n) is 9.90. The maximum Gasteiger partial charge on any atom is 0.303 e. The zero-order chi connectivity index (χ0) is 27.6. The molecule has 6 rings (SSSR count). The third-order valence-corrected chi connectivity index (χ3v) is 9.90. The molecule has 4 fully saturated rings. The molecule has 4 bridgehead atoms. The molecule has 2 aromatic rings. The minimum absolute atomic E-state index is 0.0229. The van der Waals surface area contributed by atoms with Gasteiger partial charge in [-0.15, -0.1) is 0 Å². The predicted octanol–water partition coefficient (Wildman–Crippen LogP) is 4.50. The fourth-order valence-corrected chi connectivity index (χ4v) is 8.44. The molecule has 3 heterocycles. The first-order chi connectivity index (χ1) is 19.5. The van der Waals surface area contributed by atoms with Crippen molar-refractivity contribution in [3.8, 4) is 0 Å². The van der Waals surface area contributed by atoms with Gasteiger partial charge in [-0.1, -0.05) is 43.0 Å². The van der Waals surface area contributed by atoms with Crippen LogP contribution in [0.4, 0.5) is 0 Å². The minimum atomic E-state index is -0.983. The van der Waals surface area contributed by atoms with Gasteiger partial charge in [0.15, 0.2) is 5.69 Å². The van der Waals surface area contributed by atoms with Gasteiger partial charge in [-0.05, 0) is 68.9 Å². The van der Waals surface area contributed by atoms with Gasteiger partial charge in [-0.3, -0.25) is 14.5 Å². The van der Waals surface area contributed by atoms with Crippen molar-refractivity contribution in [1.82, 2.24) is 14.5 Å². The summed E-state index contributed by atoms with van der Waals surface area (Å²) in [6.45, 7) is -0.266. The van der Waals surface area contributed by atoms with Crippen molar-refractivity contribution >= 4 is 22.7 Å². The fraction of sp³-hybridized carbons (Fsp3) is 0.677. The van der Waals surface area contributed by atoms with Crippen LogP contribution >= 0.6 is 0 Å². The number of aliphatic carboxylic acids is 1. The van der Waals surface area contributed by atoms with E-state index in [0.29, 0.717) is 23.6 Å². The minimum Gasteiger partial charge on any atom is -0.481 e. The van der Waals surface area contributed by atoms with Crippen LogP contribution in [0.3, 0.4) is 0 Å². The number of aliphatic hydroxyl groups is 1. The Bertz CT molecular complexity index is 1280. The van der Waals surface area contributed by atoms with Crippen molar-refractivity contribution in [2.45, 2.75) is 108 Å². The molecule has 5 atom stereocenters. The first kappa shape index (κ1) is 27.4. The van der Waals surface area contributed by atoms with Gasteiger partial charge in [-0.2, -0.15) is 0 Å². The maximum absolute atomic E-state index is 14.2. The molecule has 1 aromatic heterocycles. The van der Waals surface area contributed by atoms with Gasteiger partial charge in [0.2, 0.25) is 0 Å². The maximum atomic E-state index is 14.2. The smallest absolute Gasteiger partial charge is 0.303 e. The van der Waals surface area contributed by atoms with Gasteiger partial charge in [0, 0.05) is 30.6 Å². The van der Waals surface area contributed by atoms with Crippen LogP contribution in [-0.2, 0) is 9.63 Å². The molecule has 216 valence electrons. The molecule has 9 heteroatoms. The number of carboxylic acids is 1. The number of oxime groups is 1. The van der Waals surface area contributed by atoms with Gasteiger partial charge in [0.25, 0.3) is 5.56 Å². The Labute approximate surface area is 235 Å². The normalized spacial score (nSPS) is 30.8. The summed E-state index contributed by atoms with van der Waals surface area (Å²) >= 11 is 0. The van der Waals surface area contributed by atoms with Crippen LogP contribution in [0.1, 0.15) is 95.2 Å². The molecule has 2 saturated carbocycles. The molecule has 4 aliphatic rings. The average Bonchev–Trinajstić information content (AvgIpc) is 2.94. The number of carbonyl (C=O) groups is 1. The lowest BCUT2D eigenvalue weighted by Crippen LogP contribution is -2.58. The number of benzene rings is 1. The van der Waals surface area contributed by atoms with Gasteiger partial charge in [0.05, 0.1) is 24.1 Å². The molecule has 40 heavy (non-hydrogen) atoms. The molecular weight excluding hydrogens is 508 g/mol. The van der Waals surface area contributed by atoms with Crippen molar-refractivity contribution in [2.24, 2.45) is 17.0 Å². The van der Waals surface area contributed by atoms with Crippen molar-refractivity contribution in [1.29, 1.82) is 0 Å². The second kappa shape index (κ2) is 12.0. The predicted molar refractivity (Wildman–Crippen MR) is 152 cm³/mol. The summed E-state index contributed by atoms with van der Waals surface area (Å²) in [5.74, 6) is 0.798. The molecule has 2 saturated heterocycles. The molecule has 2 N–H and O–H groups in total. The topological polar surface area (TPSA) is 117 Å². The van der Waals surface area contributed by atoms with E-state index in [-0.39, 0.29) is 49.1 Å². The quantitative estimate of drug-likeness (QED) is 0.268. The van der Waals surface area contributed by atoms with E-state index in [1.165, 1.54) is 57.8 Å². The standard InChI is InChI=1S/C31H42N4O5/c36-13-14-40-33-27(11-12-29(37)38)30-31(39)35(28-10-2-1-9-26(28)32-30)25-18-22-7-4-8-23(19-25)34(22)24-16-20-5-3-6-21(15-20)17-24/h1-2,9-10,20-25,36H,3-8,11-19H2,(H,37,38)/t20?,21?,22-,23?,24?,25?/m0/s1. The van der Waals surface area contributed by atoms with Crippen molar-refractivity contribution in [2.75, 3.05) is 13.2 Å². The summed E-state index contributed by atoms with van der Waals surface area (Å²) in [4.78, 5) is 38.3. The molecule has 9 nitrogen and oxygen atoms in total. The lowest BCUT2D eigenvalue weighted by atomic mass is 9.68. The molecule has 2 aliphatic heterocycles. The Kier molecular flexibility index (Phi) is 8.21. The number of fused-ring (bicyclic) bond motifs is 5. The number of hydrogen-bond donors (Lipinski definition) is 2. The van der Waals surface area contributed by atoms with E-state index in [4.69, 9.17) is 9.94 Å². The highest BCUT2D eigenvalue weighted by Gasteiger charge is 2.45. The zero-order valence-electron chi connectivity index (χ0n) is 23.3. The zero-order valence-corrected chi connectivity index (χ0v) is 23.3. The Morgan fingerprint density at radius 2 is 1.62 bits per heavy atom. The number of nitrogens with zero attached hydrogens (tertiary/aromatic N) is 4. The molecule has 0 radical (unpaired) electrons. The highest BCUT2D eigenvalue weighted by molar-refractivity contribution is 6.00. The molecule has 4 unspecified atom stereocenters. The largest absolute Gasteiger partial charge is 0.481 e. The van der Waals surface area contributed by atoms with Crippen LogP contribution in [0.25, 0.3) is 11.0 Å². The number of para-hydroxylation sites is 2. The summed E-state index contributed by atoms with van der Waals surface area (Å²) in [5, 5.41) is 22.5. The molecule has 0 amide bonds. The number of aromatic nitrogens is 2. The molecule has 1 aromatic carbocycles. The molecular formula is C31H42N4O5. The van der Waals surface area contributed by atoms with E-state index < -0.39 is 5.97 Å². The lowest BCUT2D eigenvalue weighted by molar-refractivity contribution is -0.136. The average molecular weight is 551 g/mol. The Hall–Kier alpha value is -2.78. The van der Waals surface area contributed by atoms with Gasteiger partial charge >= 0.3 is 5.97 Å². The summed E-state index contributed by atoms with van der Waals surface area (Å²) in [6, 6.07) is 9.41. The summed E-state index contributed by atoms with van der Waals surface area (Å²) in [5.41, 5.74) is 1.63. The monoisotopic (exact) mass is 550 g/mol. The third kappa shape index (κ3) is 5.55. The first-order valence-electron chi connectivity index (χ1n) is 15.3. The van der Waals surface area contributed by atoms with Crippen LogP contribution in [0.15, 0.2) is 34.2 Å². The Morgan fingerprint density at radius 1 is 0.925 bits per heavy atom. The van der Waals surface area contributed by atoms with Crippen LogP contribution in [0.2, 0.25) is 0 Å². The second-order valence-electron chi connectivity index (χ2n) is 12.4. The number of hydrogen-bond acceptors (Lipinski definition) is 7. The Balaban J connectivity index is 1.34. The summed E-state index contributed by atoms with van der Waals surface area (Å²) in [6.07, 6.45) is 13.6. The van der Waals surface area contributed by atoms with Gasteiger partial charge in [0.1, 0.15) is 12.3 Å². The van der Waals surface area contributed by atoms with Crippen LogP contribution < -0.4 is 5.56 Å². The first-order valence-corrected chi connectivity index (χ1v) is 15.3. The Morgan fingerprint density at radius 3 is 2.33 bits per heavy atom. The summed E-state index contributed by atoms with van der Waals surface area (Å²) in [7, 11) is 0. The van der Waals surface area contributed by atoms with E-state index in [9.17, 15) is 14.7 Å². The highest BCUT2D eigenvalue weighted by atomic mass is 16.6. The van der Waals surface area contributed by atoms with Crippen LogP contribution in [-0.4, -0.2) is 67.7 Å². The molecule has 2 aliphatic carbocycles. The number of piperidine rings is 2. The van der Waals surface area contributed by atoms with Gasteiger partial charge in [-0.25, -0.2) is 4.98 Å². The van der Waals surface area contributed by atoms with E-state index in [1.54, 1.807) is 0 Å². The van der Waals surface area contributed by atoms with Crippen molar-refractivity contribution in [3.63, 3.8) is 0 Å². The van der Waals surface area contributed by atoms with Crippen LogP contribution in [0.5, 0.6) is 0 Å². The SMILES string of the molecule is O=C(O)CCC(=NOCCO)c1nc2ccccc2n(C2CC3CCC[C@@H](C2)N3C2CC3CCCC(C3)C2)c1=O.